The molecular formula is C16H20O3. The van der Waals surface area contributed by atoms with Gasteiger partial charge in [-0.2, -0.15) is 0 Å². The standard InChI is InChI=1S/C16H20O3/c17-14-13-4-2-1-3-12(13)11-15(14)5-7-16(8-6-15)18-9-10-19-16/h1-4,14,17H,5-11H2. The molecule has 0 aromatic heterocycles. The highest BCUT2D eigenvalue weighted by Crippen LogP contribution is 2.56. The van der Waals surface area contributed by atoms with E-state index in [2.05, 4.69) is 18.2 Å². The molecule has 2 aliphatic carbocycles. The van der Waals surface area contributed by atoms with Crippen LogP contribution in [0.5, 0.6) is 0 Å². The van der Waals surface area contributed by atoms with Gasteiger partial charge in [0, 0.05) is 18.3 Å². The zero-order chi connectivity index (χ0) is 12.9. The first kappa shape index (κ1) is 11.9. The van der Waals surface area contributed by atoms with E-state index in [4.69, 9.17) is 9.47 Å². The Labute approximate surface area is 113 Å². The van der Waals surface area contributed by atoms with Crippen molar-refractivity contribution in [2.45, 2.75) is 44.0 Å². The predicted molar refractivity (Wildman–Crippen MR) is 70.6 cm³/mol. The van der Waals surface area contributed by atoms with E-state index in [-0.39, 0.29) is 17.3 Å². The fourth-order valence-corrected chi connectivity index (χ4v) is 4.13. The number of rotatable bonds is 0. The number of hydrogen-bond donors (Lipinski definition) is 1. The molecule has 1 atom stereocenters. The van der Waals surface area contributed by atoms with Gasteiger partial charge in [0.05, 0.1) is 19.3 Å². The summed E-state index contributed by atoms with van der Waals surface area (Å²) in [5, 5.41) is 10.7. The Balaban J connectivity index is 1.58. The molecule has 1 aromatic carbocycles. The van der Waals surface area contributed by atoms with Crippen LogP contribution < -0.4 is 0 Å². The average molecular weight is 260 g/mol. The van der Waals surface area contributed by atoms with Gasteiger partial charge in [-0.05, 0) is 30.4 Å². The van der Waals surface area contributed by atoms with Gasteiger partial charge in [0.2, 0.25) is 0 Å². The summed E-state index contributed by atoms with van der Waals surface area (Å²) in [5.41, 5.74) is 2.47. The van der Waals surface area contributed by atoms with E-state index in [0.29, 0.717) is 0 Å². The molecule has 1 aromatic rings. The molecule has 1 unspecified atom stereocenters. The zero-order valence-corrected chi connectivity index (χ0v) is 11.1. The highest BCUT2D eigenvalue weighted by molar-refractivity contribution is 5.37. The van der Waals surface area contributed by atoms with Crippen molar-refractivity contribution in [3.63, 3.8) is 0 Å². The van der Waals surface area contributed by atoms with Gasteiger partial charge in [0.25, 0.3) is 0 Å². The van der Waals surface area contributed by atoms with Gasteiger partial charge in [-0.3, -0.25) is 0 Å². The van der Waals surface area contributed by atoms with Crippen LogP contribution in [0.25, 0.3) is 0 Å². The number of hydrogen-bond acceptors (Lipinski definition) is 3. The monoisotopic (exact) mass is 260 g/mol. The van der Waals surface area contributed by atoms with Crippen LogP contribution in [0.2, 0.25) is 0 Å². The third-order valence-corrected chi connectivity index (χ3v) is 5.29. The predicted octanol–water partition coefficient (Wildman–Crippen LogP) is 2.58. The minimum absolute atomic E-state index is 0.0181. The molecule has 2 fully saturated rings. The SMILES string of the molecule is OC1c2ccccc2CC12CCC1(CC2)OCCO1. The van der Waals surface area contributed by atoms with Gasteiger partial charge >= 0.3 is 0 Å². The van der Waals surface area contributed by atoms with Crippen molar-refractivity contribution in [3.05, 3.63) is 35.4 Å². The quantitative estimate of drug-likeness (QED) is 0.779. The Morgan fingerprint density at radius 1 is 1.00 bits per heavy atom. The third-order valence-electron chi connectivity index (χ3n) is 5.29. The first-order valence-electron chi connectivity index (χ1n) is 7.27. The Morgan fingerprint density at radius 2 is 1.68 bits per heavy atom. The Hall–Kier alpha value is -0.900. The second kappa shape index (κ2) is 4.05. The molecule has 19 heavy (non-hydrogen) atoms. The van der Waals surface area contributed by atoms with Crippen LogP contribution in [-0.2, 0) is 15.9 Å². The van der Waals surface area contributed by atoms with E-state index in [1.807, 2.05) is 6.07 Å². The minimum Gasteiger partial charge on any atom is -0.388 e. The lowest BCUT2D eigenvalue weighted by atomic mass is 9.68. The molecule has 1 N–H and O–H groups in total. The van der Waals surface area contributed by atoms with Crippen LogP contribution in [0.4, 0.5) is 0 Å². The number of aliphatic hydroxyl groups excluding tert-OH is 1. The number of ether oxygens (including phenoxy) is 2. The summed E-state index contributed by atoms with van der Waals surface area (Å²) >= 11 is 0. The highest BCUT2D eigenvalue weighted by atomic mass is 16.7. The summed E-state index contributed by atoms with van der Waals surface area (Å²) in [7, 11) is 0. The normalized spacial score (nSPS) is 30.9. The van der Waals surface area contributed by atoms with Crippen LogP contribution in [-0.4, -0.2) is 24.1 Å². The molecule has 0 amide bonds. The lowest BCUT2D eigenvalue weighted by Gasteiger charge is -2.43. The number of fused-ring (bicyclic) bond motifs is 1. The van der Waals surface area contributed by atoms with E-state index in [0.717, 1.165) is 50.9 Å². The Morgan fingerprint density at radius 3 is 2.37 bits per heavy atom. The van der Waals surface area contributed by atoms with E-state index in [9.17, 15) is 5.11 Å². The Kier molecular flexibility index (Phi) is 2.53. The maximum Gasteiger partial charge on any atom is 0.168 e. The minimum atomic E-state index is -0.334. The molecule has 4 rings (SSSR count). The van der Waals surface area contributed by atoms with Gasteiger partial charge in [-0.25, -0.2) is 0 Å². The highest BCUT2D eigenvalue weighted by Gasteiger charge is 2.52. The van der Waals surface area contributed by atoms with Crippen molar-refractivity contribution in [1.29, 1.82) is 0 Å². The molecule has 0 bridgehead atoms. The van der Waals surface area contributed by atoms with Gasteiger partial charge in [0.1, 0.15) is 0 Å². The van der Waals surface area contributed by atoms with Gasteiger partial charge in [-0.15, -0.1) is 0 Å². The summed E-state index contributed by atoms with van der Waals surface area (Å²) in [6.07, 6.45) is 4.49. The largest absolute Gasteiger partial charge is 0.388 e. The van der Waals surface area contributed by atoms with Crippen molar-refractivity contribution < 1.29 is 14.6 Å². The fourth-order valence-electron chi connectivity index (χ4n) is 4.13. The van der Waals surface area contributed by atoms with Gasteiger partial charge in [-0.1, -0.05) is 24.3 Å². The number of benzene rings is 1. The molecule has 3 aliphatic rings. The van der Waals surface area contributed by atoms with Crippen molar-refractivity contribution in [3.8, 4) is 0 Å². The first-order chi connectivity index (χ1) is 9.23. The van der Waals surface area contributed by atoms with E-state index < -0.39 is 0 Å². The summed E-state index contributed by atoms with van der Waals surface area (Å²) in [6.45, 7) is 1.44. The van der Waals surface area contributed by atoms with E-state index >= 15 is 0 Å². The molecule has 1 saturated carbocycles. The van der Waals surface area contributed by atoms with Crippen LogP contribution >= 0.6 is 0 Å². The topological polar surface area (TPSA) is 38.7 Å². The second-order valence-corrected chi connectivity index (χ2v) is 6.25. The van der Waals surface area contributed by atoms with Crippen LogP contribution in [0, 0.1) is 5.41 Å². The smallest absolute Gasteiger partial charge is 0.168 e. The lowest BCUT2D eigenvalue weighted by Crippen LogP contribution is -2.41. The molecule has 3 nitrogen and oxygen atoms in total. The molecule has 1 saturated heterocycles. The van der Waals surface area contributed by atoms with Crippen LogP contribution in [0.1, 0.15) is 42.9 Å². The van der Waals surface area contributed by atoms with Crippen LogP contribution in [0.15, 0.2) is 24.3 Å². The summed E-state index contributed by atoms with van der Waals surface area (Å²) < 4.78 is 11.6. The van der Waals surface area contributed by atoms with Crippen LogP contribution in [0.3, 0.4) is 0 Å². The fraction of sp³-hybridized carbons (Fsp3) is 0.625. The summed E-state index contributed by atoms with van der Waals surface area (Å²) in [4.78, 5) is 0. The zero-order valence-electron chi connectivity index (χ0n) is 11.1. The van der Waals surface area contributed by atoms with E-state index in [1.165, 1.54) is 5.56 Å². The van der Waals surface area contributed by atoms with Crippen molar-refractivity contribution in [2.75, 3.05) is 13.2 Å². The average Bonchev–Trinajstić information content (AvgIpc) is 3.00. The maximum atomic E-state index is 10.7. The molecule has 1 heterocycles. The Bertz CT molecular complexity index is 481. The van der Waals surface area contributed by atoms with Gasteiger partial charge in [0.15, 0.2) is 5.79 Å². The van der Waals surface area contributed by atoms with Crippen molar-refractivity contribution in [2.24, 2.45) is 5.41 Å². The summed E-state index contributed by atoms with van der Waals surface area (Å²) in [5.74, 6) is -0.334. The summed E-state index contributed by atoms with van der Waals surface area (Å²) in [6, 6.07) is 8.31. The van der Waals surface area contributed by atoms with Gasteiger partial charge < -0.3 is 14.6 Å². The van der Waals surface area contributed by atoms with Crippen molar-refractivity contribution >= 4 is 0 Å². The van der Waals surface area contributed by atoms with E-state index in [1.54, 1.807) is 0 Å². The number of aliphatic hydroxyl groups is 1. The van der Waals surface area contributed by atoms with Crippen molar-refractivity contribution in [1.82, 2.24) is 0 Å². The molecule has 3 heteroatoms. The first-order valence-corrected chi connectivity index (χ1v) is 7.27. The molecule has 1 aliphatic heterocycles. The second-order valence-electron chi connectivity index (χ2n) is 6.25. The molecular weight excluding hydrogens is 240 g/mol. The third kappa shape index (κ3) is 1.69. The molecule has 2 spiro atoms. The molecule has 0 radical (unpaired) electrons. The molecule has 102 valence electrons. The lowest BCUT2D eigenvalue weighted by molar-refractivity contribution is -0.199. The maximum absolute atomic E-state index is 10.7.